The average Bonchev–Trinajstić information content (AvgIpc) is 1.32. The molecule has 2 heterocycles. The number of nitrogens with two attached hydrogens (primary N) is 6. The van der Waals surface area contributed by atoms with Crippen LogP contribution in [0, 0.1) is 22.0 Å². The number of ether oxygens (including phenoxy) is 1. The molecule has 40 nitrogen and oxygen atoms in total. The van der Waals surface area contributed by atoms with Crippen LogP contribution < -0.4 is 97.9 Å². The zero-order valence-electron chi connectivity index (χ0n) is 62.2. The lowest BCUT2D eigenvalue weighted by Gasteiger charge is -2.30. The lowest BCUT2D eigenvalue weighted by Crippen LogP contribution is -2.60. The second-order valence-corrected chi connectivity index (χ2v) is 26.5. The van der Waals surface area contributed by atoms with E-state index in [2.05, 4.69) is 63.2 Å². The summed E-state index contributed by atoms with van der Waals surface area (Å²) in [5, 5.41) is 54.8. The van der Waals surface area contributed by atoms with E-state index in [1.165, 1.54) is 55.3 Å². The average molecular weight is 1580 g/mol. The molecule has 1 aliphatic rings. The SMILES string of the molecule is COc1ccc2c(CC(=O)N[C@@H](CCCCN)C(=O)N3CCC[C@H]3C(=O)N[C@@H](CC(C)C)C(=O)NCC(=O)N[C@@H](CC(C)C)C(=O)N[C@@H](CNc3ccccc3[N+](=O)[O-])C(=O)N[C@@H](C)C(=O)N[C@@H](CCCN=C(N)N)C(=O)N[C@@H](CCC(=O)O)C(=O)N[C@@H](CCCN=C(N)N)C(N)=O)cc(=O)oc2c1.O=C(O)C(F)(F)F. The number of aliphatic imine (C=N–C) groups is 2. The predicted molar refractivity (Wildman–Crippen MR) is 395 cm³/mol. The third-order valence-corrected chi connectivity index (χ3v) is 16.6. The van der Waals surface area contributed by atoms with E-state index in [0.29, 0.717) is 42.5 Å². The monoisotopic (exact) mass is 1570 g/mol. The van der Waals surface area contributed by atoms with Gasteiger partial charge in [-0.2, -0.15) is 13.2 Å². The van der Waals surface area contributed by atoms with Crippen molar-refractivity contribution in [2.24, 2.45) is 56.2 Å². The third-order valence-electron chi connectivity index (χ3n) is 16.6. The summed E-state index contributed by atoms with van der Waals surface area (Å²) in [5.74, 6) is -14.3. The number of carbonyl (C=O) groups excluding carboxylic acids is 11. The fourth-order valence-corrected chi connectivity index (χ4v) is 11.2. The van der Waals surface area contributed by atoms with E-state index in [4.69, 9.17) is 53.5 Å². The second kappa shape index (κ2) is 46.4. The number of hydrogen-bond acceptors (Lipinski definition) is 22. The normalized spacial score (nSPS) is 14.6. The molecule has 1 aliphatic heterocycles. The van der Waals surface area contributed by atoms with Crippen LogP contribution in [0.3, 0.4) is 0 Å². The number of likely N-dealkylation sites (tertiary alicyclic amines) is 1. The highest BCUT2D eigenvalue weighted by Gasteiger charge is 2.41. The van der Waals surface area contributed by atoms with Crippen LogP contribution in [0.1, 0.15) is 124 Å². The fourth-order valence-electron chi connectivity index (χ4n) is 11.2. The van der Waals surface area contributed by atoms with E-state index in [1.54, 1.807) is 39.8 Å². The van der Waals surface area contributed by atoms with Crippen molar-refractivity contribution in [3.63, 3.8) is 0 Å². The number of methoxy groups -OCH3 is 1. The number of primary amides is 1. The van der Waals surface area contributed by atoms with Crippen LogP contribution >= 0.6 is 0 Å². The number of benzene rings is 2. The molecule has 0 bridgehead atoms. The number of guanidine groups is 2. The van der Waals surface area contributed by atoms with Crippen molar-refractivity contribution in [1.29, 1.82) is 0 Å². The number of halogens is 3. The summed E-state index contributed by atoms with van der Waals surface area (Å²) in [6.07, 6.45) is -4.88. The topological polar surface area (TPSA) is 649 Å². The molecule has 1 fully saturated rings. The predicted octanol–water partition coefficient (Wildman–Crippen LogP) is -2.32. The lowest BCUT2D eigenvalue weighted by molar-refractivity contribution is -0.384. The molecule has 43 heteroatoms. The number of amides is 11. The van der Waals surface area contributed by atoms with Gasteiger partial charge in [0.05, 0.1) is 25.0 Å². The number of carboxylic acids is 2. The van der Waals surface area contributed by atoms with Gasteiger partial charge >= 0.3 is 23.7 Å². The van der Waals surface area contributed by atoms with E-state index in [9.17, 15) is 90.7 Å². The number of aliphatic carboxylic acids is 2. The maximum atomic E-state index is 14.4. The zero-order chi connectivity index (χ0) is 83.4. The van der Waals surface area contributed by atoms with E-state index >= 15 is 0 Å². The maximum absolute atomic E-state index is 14.4. The van der Waals surface area contributed by atoms with Crippen LogP contribution in [0.4, 0.5) is 24.5 Å². The first-order valence-corrected chi connectivity index (χ1v) is 35.4. The highest BCUT2D eigenvalue weighted by Crippen LogP contribution is 2.26. The Morgan fingerprint density at radius 3 is 1.75 bits per heavy atom. The molecule has 0 aliphatic carbocycles. The largest absolute Gasteiger partial charge is 0.497 e. The highest BCUT2D eigenvalue weighted by molar-refractivity contribution is 5.99. The van der Waals surface area contributed by atoms with Crippen molar-refractivity contribution in [3.05, 3.63) is 74.6 Å². The molecule has 11 amide bonds. The number of para-hydroxylation sites is 2. The Kier molecular flexibility index (Phi) is 39.0. The van der Waals surface area contributed by atoms with Crippen molar-refractivity contribution < 1.29 is 99.8 Å². The van der Waals surface area contributed by atoms with Gasteiger partial charge in [0.1, 0.15) is 71.4 Å². The van der Waals surface area contributed by atoms with Crippen molar-refractivity contribution in [3.8, 4) is 5.75 Å². The molecule has 0 saturated carbocycles. The molecule has 1 aromatic heterocycles. The van der Waals surface area contributed by atoms with Gasteiger partial charge in [-0.25, -0.2) is 9.59 Å². The molecule has 9 atom stereocenters. The zero-order valence-corrected chi connectivity index (χ0v) is 62.2. The molecular weight excluding hydrogens is 1470 g/mol. The summed E-state index contributed by atoms with van der Waals surface area (Å²) < 4.78 is 42.3. The number of nitro groups is 1. The van der Waals surface area contributed by atoms with Gasteiger partial charge in [-0.05, 0) is 126 Å². The number of rotatable bonds is 45. The molecule has 0 radical (unpaired) electrons. The second-order valence-electron chi connectivity index (χ2n) is 26.5. The molecule has 4 rings (SSSR count). The highest BCUT2D eigenvalue weighted by atomic mass is 19.4. The number of nitrogens with zero attached hydrogens (tertiary/aromatic N) is 4. The van der Waals surface area contributed by atoms with Gasteiger partial charge in [-0.1, -0.05) is 39.8 Å². The van der Waals surface area contributed by atoms with Crippen molar-refractivity contribution in [2.45, 2.75) is 185 Å². The maximum Gasteiger partial charge on any atom is 0.490 e. The van der Waals surface area contributed by atoms with Gasteiger partial charge < -0.3 is 112 Å². The molecular formula is C68H101F3N20O20. The summed E-state index contributed by atoms with van der Waals surface area (Å²) in [6, 6.07) is -1.26. The minimum absolute atomic E-state index is 0.0250. The standard InChI is InChI=1S/C66H100N20O18.C2HF3O2/c1-35(2)28-46(83-63(99)50-19-13-27-85(50)64(100)45(15-9-10-24-67)78-52(87)30-38-31-55(91)104-51-32-39(103-6)20-21-40(38)51)58(94)76-34-53(88)79-47(29-36(3)4)61(97)84-48(33-75-41-14-7-8-18-49(41)86(101)102)62(98)77-37(5)57(93)81-43(17-12-26-74-66(71)72)59(95)82-44(22-23-54(89)90)60(96)80-42(56(68)92)16-11-25-73-65(69)70;3-2(4,5)1(6)7/h7-8,14,18,20-21,31-32,35-37,42-48,50,75H,9-13,15-17,19,22-30,33-34,67H2,1-6H3,(H2,68,92)(H,76,94)(H,77,98)(H,78,87)(H,79,88)(H,80,96)(H,81,93)(H,82,95)(H,83,99)(H,84,97)(H,89,90)(H4,69,70,73)(H4,71,72,74);(H,6,7)/t37-,42-,43-,44-,45-,46-,47-,48-,50-;/m0./s1. The Morgan fingerprint density at radius 2 is 1.19 bits per heavy atom. The Hall–Kier alpha value is -12.0. The number of unbranched alkanes of at least 4 members (excludes halogenated alkanes) is 1. The van der Waals surface area contributed by atoms with Crippen molar-refractivity contribution in [2.75, 3.05) is 51.7 Å². The van der Waals surface area contributed by atoms with Gasteiger partial charge in [0.15, 0.2) is 11.9 Å². The molecule has 0 unspecified atom stereocenters. The van der Waals surface area contributed by atoms with Gasteiger partial charge in [-0.3, -0.25) is 77.6 Å². The van der Waals surface area contributed by atoms with Gasteiger partial charge in [0.25, 0.3) is 5.69 Å². The van der Waals surface area contributed by atoms with Crippen molar-refractivity contribution >= 4 is 111 Å². The molecule has 2 aromatic carbocycles. The number of hydrogen-bond donors (Lipinski definition) is 18. The molecule has 1 saturated heterocycles. The van der Waals surface area contributed by atoms with Crippen LogP contribution in [0.2, 0.25) is 0 Å². The molecule has 0 spiro atoms. The summed E-state index contributed by atoms with van der Waals surface area (Å²) in [7, 11) is 1.45. The first-order chi connectivity index (χ1) is 52.1. The number of nitrogens with one attached hydrogen (secondary N) is 10. The summed E-state index contributed by atoms with van der Waals surface area (Å²) >= 11 is 0. The van der Waals surface area contributed by atoms with Crippen LogP contribution in [0.15, 0.2) is 67.7 Å². The van der Waals surface area contributed by atoms with E-state index in [0.717, 1.165) is 0 Å². The molecule has 24 N–H and O–H groups in total. The minimum atomic E-state index is -5.08. The number of nitro benzene ring substituents is 1. The van der Waals surface area contributed by atoms with Crippen LogP contribution in [-0.2, 0) is 68.7 Å². The fraction of sp³-hybridized carbons (Fsp3) is 0.559. The van der Waals surface area contributed by atoms with Gasteiger partial charge in [-0.15, -0.1) is 0 Å². The number of carbonyl (C=O) groups is 13. The van der Waals surface area contributed by atoms with Gasteiger partial charge in [0.2, 0.25) is 65.0 Å². The number of fused-ring (bicyclic) bond motifs is 1. The summed E-state index contributed by atoms with van der Waals surface area (Å²) in [4.78, 5) is 207. The lowest BCUT2D eigenvalue weighted by atomic mass is 10.0. The smallest absolute Gasteiger partial charge is 0.490 e. The van der Waals surface area contributed by atoms with E-state index in [-0.39, 0.29) is 112 Å². The van der Waals surface area contributed by atoms with Crippen LogP contribution in [0.5, 0.6) is 5.75 Å². The Balaban J connectivity index is 0.00000433. The first kappa shape index (κ1) is 93.3. The summed E-state index contributed by atoms with van der Waals surface area (Å²) in [6.45, 7) is 7.35. The first-order valence-electron chi connectivity index (χ1n) is 35.4. The van der Waals surface area contributed by atoms with Gasteiger partial charge in [0, 0.05) is 56.2 Å². The molecule has 111 heavy (non-hydrogen) atoms. The van der Waals surface area contributed by atoms with Crippen LogP contribution in [-0.4, -0.2) is 216 Å². The molecule has 614 valence electrons. The van der Waals surface area contributed by atoms with Crippen LogP contribution in [0.25, 0.3) is 11.0 Å². The Bertz CT molecular complexity index is 3870. The van der Waals surface area contributed by atoms with E-state index < -0.39 is 180 Å². The number of carboxylic acid groups (broad SMARTS) is 2. The van der Waals surface area contributed by atoms with Crippen molar-refractivity contribution in [1.82, 2.24) is 52.8 Å². The quantitative estimate of drug-likeness (QED) is 0.00705. The Labute approximate surface area is 635 Å². The Morgan fingerprint density at radius 1 is 0.658 bits per heavy atom. The summed E-state index contributed by atoms with van der Waals surface area (Å²) in [5.41, 5.74) is 32.3. The third kappa shape index (κ3) is 33.6. The van der Waals surface area contributed by atoms with E-state index in [1.807, 2.05) is 0 Å². The number of anilines is 1. The molecule has 3 aromatic rings. The number of alkyl halides is 3. The minimum Gasteiger partial charge on any atom is -0.497 e.